The summed E-state index contributed by atoms with van der Waals surface area (Å²) in [6.45, 7) is 0.00541. The molecular formula is C12H12ClN3O2S. The molecule has 0 bridgehead atoms. The van der Waals surface area contributed by atoms with E-state index in [1.54, 1.807) is 11.3 Å². The van der Waals surface area contributed by atoms with Crippen LogP contribution < -0.4 is 5.32 Å². The molecule has 0 radical (unpaired) electrons. The van der Waals surface area contributed by atoms with Crippen molar-refractivity contribution in [3.05, 3.63) is 21.9 Å². The zero-order valence-electron chi connectivity index (χ0n) is 10.0. The fraction of sp³-hybridized carbons (Fsp3) is 0.417. The molecule has 100 valence electrons. The Balaban J connectivity index is 1.88. The predicted octanol–water partition coefficient (Wildman–Crippen LogP) is 1.88. The van der Waals surface area contributed by atoms with Crippen LogP contribution in [0.1, 0.15) is 16.9 Å². The Morgan fingerprint density at radius 2 is 2.42 bits per heavy atom. The van der Waals surface area contributed by atoms with E-state index in [4.69, 9.17) is 16.7 Å². The molecule has 5 nitrogen and oxygen atoms in total. The Labute approximate surface area is 118 Å². The number of nitrogens with zero attached hydrogens (tertiary/aromatic N) is 2. The molecule has 2 aromatic heterocycles. The summed E-state index contributed by atoms with van der Waals surface area (Å²) in [5.74, 6) is -0.823. The first-order chi connectivity index (χ1) is 9.15. The molecule has 2 N–H and O–H groups in total. The fourth-order valence-corrected chi connectivity index (χ4v) is 4.05. The Bertz CT molecular complexity index is 643. The molecule has 1 unspecified atom stereocenters. The van der Waals surface area contributed by atoms with E-state index in [-0.39, 0.29) is 12.6 Å². The van der Waals surface area contributed by atoms with Crippen LogP contribution in [0, 0.1) is 0 Å². The largest absolute Gasteiger partial charge is 0.480 e. The quantitative estimate of drug-likeness (QED) is 0.846. The van der Waals surface area contributed by atoms with Gasteiger partial charge in [0.1, 0.15) is 16.3 Å². The molecule has 0 spiro atoms. The number of aliphatic carboxylic acids is 1. The summed E-state index contributed by atoms with van der Waals surface area (Å²) in [4.78, 5) is 21.0. The van der Waals surface area contributed by atoms with Crippen molar-refractivity contribution in [2.75, 3.05) is 6.54 Å². The number of aromatic nitrogens is 2. The Kier molecular flexibility index (Phi) is 3.38. The number of carboxylic acid groups (broad SMARTS) is 1. The van der Waals surface area contributed by atoms with Crippen molar-refractivity contribution >= 4 is 39.1 Å². The van der Waals surface area contributed by atoms with Gasteiger partial charge >= 0.3 is 5.97 Å². The Morgan fingerprint density at radius 3 is 3.21 bits per heavy atom. The highest BCUT2D eigenvalue weighted by atomic mass is 35.5. The maximum atomic E-state index is 10.6. The number of fused-ring (bicyclic) bond motifs is 3. The third-order valence-electron chi connectivity index (χ3n) is 3.34. The summed E-state index contributed by atoms with van der Waals surface area (Å²) >= 11 is 7.77. The van der Waals surface area contributed by atoms with Crippen molar-refractivity contribution in [3.63, 3.8) is 0 Å². The lowest BCUT2D eigenvalue weighted by molar-refractivity contribution is -0.136. The van der Waals surface area contributed by atoms with E-state index in [0.29, 0.717) is 5.15 Å². The lowest BCUT2D eigenvalue weighted by atomic mass is 9.93. The molecule has 7 heteroatoms. The van der Waals surface area contributed by atoms with Gasteiger partial charge in [0, 0.05) is 10.9 Å². The minimum Gasteiger partial charge on any atom is -0.480 e. The smallest absolute Gasteiger partial charge is 0.317 e. The maximum Gasteiger partial charge on any atom is 0.317 e. The van der Waals surface area contributed by atoms with Crippen LogP contribution in [-0.4, -0.2) is 33.6 Å². The minimum absolute atomic E-state index is 0.00541. The van der Waals surface area contributed by atoms with E-state index < -0.39 is 5.97 Å². The average molecular weight is 298 g/mol. The van der Waals surface area contributed by atoms with Gasteiger partial charge in [0.15, 0.2) is 0 Å². The average Bonchev–Trinajstić information content (AvgIpc) is 2.75. The standard InChI is InChI=1S/C12H12ClN3O2S/c13-11-10-7-2-1-6(14-4-9(17)18)3-8(7)19-12(10)16-5-15-11/h5-6,14H,1-4H2,(H,17,18). The first-order valence-corrected chi connectivity index (χ1v) is 7.20. The van der Waals surface area contributed by atoms with Gasteiger partial charge in [-0.25, -0.2) is 9.97 Å². The highest BCUT2D eigenvalue weighted by Gasteiger charge is 2.24. The van der Waals surface area contributed by atoms with Gasteiger partial charge in [0.05, 0.1) is 11.9 Å². The van der Waals surface area contributed by atoms with Gasteiger partial charge in [0.2, 0.25) is 0 Å². The van der Waals surface area contributed by atoms with E-state index in [1.165, 1.54) is 16.8 Å². The Hall–Kier alpha value is -1.24. The molecule has 0 fully saturated rings. The molecule has 2 aromatic rings. The number of aryl methyl sites for hydroxylation is 1. The van der Waals surface area contributed by atoms with Crippen molar-refractivity contribution in [1.82, 2.24) is 15.3 Å². The molecule has 1 aliphatic rings. The predicted molar refractivity (Wildman–Crippen MR) is 73.9 cm³/mol. The van der Waals surface area contributed by atoms with Crippen molar-refractivity contribution in [3.8, 4) is 0 Å². The van der Waals surface area contributed by atoms with Crippen molar-refractivity contribution in [2.45, 2.75) is 25.3 Å². The topological polar surface area (TPSA) is 75.1 Å². The lowest BCUT2D eigenvalue weighted by Crippen LogP contribution is -2.37. The third kappa shape index (κ3) is 2.43. The SMILES string of the molecule is O=C(O)CNC1CCc2c(sc3ncnc(Cl)c23)C1. The monoisotopic (exact) mass is 297 g/mol. The van der Waals surface area contributed by atoms with Gasteiger partial charge in [-0.2, -0.15) is 0 Å². The number of halogens is 1. The molecule has 1 aliphatic carbocycles. The molecule has 0 amide bonds. The van der Waals surface area contributed by atoms with Crippen LogP contribution in [0.3, 0.4) is 0 Å². The fourth-order valence-electron chi connectivity index (χ4n) is 2.48. The third-order valence-corrected chi connectivity index (χ3v) is 4.79. The molecule has 3 rings (SSSR count). The van der Waals surface area contributed by atoms with Gasteiger partial charge in [0.25, 0.3) is 0 Å². The highest BCUT2D eigenvalue weighted by molar-refractivity contribution is 7.19. The number of rotatable bonds is 3. The summed E-state index contributed by atoms with van der Waals surface area (Å²) in [5, 5.41) is 13.2. The number of hydrogen-bond acceptors (Lipinski definition) is 5. The van der Waals surface area contributed by atoms with Gasteiger partial charge in [-0.05, 0) is 24.8 Å². The molecule has 19 heavy (non-hydrogen) atoms. The number of thiophene rings is 1. The van der Waals surface area contributed by atoms with E-state index in [9.17, 15) is 4.79 Å². The van der Waals surface area contributed by atoms with Crippen LogP contribution in [0.15, 0.2) is 6.33 Å². The van der Waals surface area contributed by atoms with E-state index in [1.807, 2.05) is 0 Å². The number of carbonyl (C=O) groups is 1. The lowest BCUT2D eigenvalue weighted by Gasteiger charge is -2.22. The summed E-state index contributed by atoms with van der Waals surface area (Å²) in [6, 6.07) is 0.211. The molecule has 2 heterocycles. The first-order valence-electron chi connectivity index (χ1n) is 6.01. The van der Waals surface area contributed by atoms with Crippen molar-refractivity contribution in [2.24, 2.45) is 0 Å². The second kappa shape index (κ2) is 5.03. The molecular weight excluding hydrogens is 286 g/mol. The van der Waals surface area contributed by atoms with Crippen LogP contribution in [-0.2, 0) is 17.6 Å². The molecule has 0 aromatic carbocycles. The normalized spacial score (nSPS) is 18.5. The molecule has 0 saturated heterocycles. The summed E-state index contributed by atoms with van der Waals surface area (Å²) in [7, 11) is 0. The number of carboxylic acids is 1. The van der Waals surface area contributed by atoms with Crippen LogP contribution in [0.25, 0.3) is 10.2 Å². The van der Waals surface area contributed by atoms with Crippen LogP contribution in [0.4, 0.5) is 0 Å². The van der Waals surface area contributed by atoms with Gasteiger partial charge in [-0.15, -0.1) is 11.3 Å². The molecule has 1 atom stereocenters. The second-order valence-electron chi connectivity index (χ2n) is 4.56. The highest BCUT2D eigenvalue weighted by Crippen LogP contribution is 2.37. The zero-order chi connectivity index (χ0) is 13.4. The number of nitrogens with one attached hydrogen (secondary N) is 1. The van der Waals surface area contributed by atoms with Crippen LogP contribution >= 0.6 is 22.9 Å². The van der Waals surface area contributed by atoms with Crippen LogP contribution in [0.2, 0.25) is 5.15 Å². The zero-order valence-corrected chi connectivity index (χ0v) is 11.6. The van der Waals surface area contributed by atoms with Gasteiger partial charge < -0.3 is 10.4 Å². The van der Waals surface area contributed by atoms with E-state index >= 15 is 0 Å². The maximum absolute atomic E-state index is 10.6. The van der Waals surface area contributed by atoms with Gasteiger partial charge in [-0.3, -0.25) is 4.79 Å². The number of hydrogen-bond donors (Lipinski definition) is 2. The van der Waals surface area contributed by atoms with Crippen LogP contribution in [0.5, 0.6) is 0 Å². The summed E-state index contributed by atoms with van der Waals surface area (Å²) in [5.41, 5.74) is 1.24. The van der Waals surface area contributed by atoms with Gasteiger partial charge in [-0.1, -0.05) is 11.6 Å². The van der Waals surface area contributed by atoms with Crippen molar-refractivity contribution in [1.29, 1.82) is 0 Å². The molecule has 0 aliphatic heterocycles. The molecule has 0 saturated carbocycles. The summed E-state index contributed by atoms with van der Waals surface area (Å²) in [6.07, 6.45) is 4.11. The van der Waals surface area contributed by atoms with E-state index in [0.717, 1.165) is 29.5 Å². The second-order valence-corrected chi connectivity index (χ2v) is 6.00. The summed E-state index contributed by atoms with van der Waals surface area (Å²) < 4.78 is 0. The van der Waals surface area contributed by atoms with E-state index in [2.05, 4.69) is 15.3 Å². The van der Waals surface area contributed by atoms with Crippen molar-refractivity contribution < 1.29 is 9.90 Å². The minimum atomic E-state index is -0.823. The first kappa shape index (κ1) is 12.8. The Morgan fingerprint density at radius 1 is 1.58 bits per heavy atom.